The summed E-state index contributed by atoms with van der Waals surface area (Å²) in [5.74, 6) is 0.433. The summed E-state index contributed by atoms with van der Waals surface area (Å²) in [6, 6.07) is 1.47. The number of alkyl halides is 1. The third-order valence-electron chi connectivity index (χ3n) is 1.96. The zero-order chi connectivity index (χ0) is 10.6. The van der Waals surface area contributed by atoms with Crippen LogP contribution >= 0.6 is 11.6 Å². The lowest BCUT2D eigenvalue weighted by Gasteiger charge is -2.18. The third kappa shape index (κ3) is 2.73. The molecule has 0 spiro atoms. The first-order valence-corrected chi connectivity index (χ1v) is 4.95. The highest BCUT2D eigenvalue weighted by atomic mass is 35.5. The summed E-state index contributed by atoms with van der Waals surface area (Å²) in [5, 5.41) is 6.31. The van der Waals surface area contributed by atoms with Gasteiger partial charge in [-0.3, -0.25) is 4.79 Å². The maximum atomic E-state index is 11.5. The largest absolute Gasteiger partial charge is 0.364 e. The Labute approximate surface area is 87.6 Å². The second-order valence-corrected chi connectivity index (χ2v) is 3.67. The maximum Gasteiger partial charge on any atom is 0.273 e. The molecule has 78 valence electrons. The van der Waals surface area contributed by atoms with Crippen LogP contribution in [0.25, 0.3) is 0 Å². The van der Waals surface area contributed by atoms with Crippen molar-refractivity contribution in [2.45, 2.75) is 19.9 Å². The molecule has 14 heavy (non-hydrogen) atoms. The van der Waals surface area contributed by atoms with E-state index in [0.717, 1.165) is 0 Å². The molecule has 1 amide bonds. The van der Waals surface area contributed by atoms with E-state index in [1.807, 2.05) is 13.8 Å². The molecular weight excluding hydrogens is 204 g/mol. The van der Waals surface area contributed by atoms with Crippen LogP contribution in [0.3, 0.4) is 0 Å². The normalized spacial score (nSPS) is 12.9. The fourth-order valence-electron chi connectivity index (χ4n) is 0.955. The molecule has 0 fully saturated rings. The number of rotatable bonds is 4. The average Bonchev–Trinajstić information content (AvgIpc) is 2.65. The molecular formula is C9H13ClN2O2. The minimum absolute atomic E-state index is 0.0409. The van der Waals surface area contributed by atoms with E-state index in [-0.39, 0.29) is 17.6 Å². The van der Waals surface area contributed by atoms with Crippen LogP contribution in [0.4, 0.5) is 0 Å². The Balaban J connectivity index is 2.56. The van der Waals surface area contributed by atoms with Crippen molar-refractivity contribution in [2.24, 2.45) is 5.92 Å². The highest BCUT2D eigenvalue weighted by Crippen LogP contribution is 2.05. The zero-order valence-electron chi connectivity index (χ0n) is 8.16. The smallest absolute Gasteiger partial charge is 0.273 e. The van der Waals surface area contributed by atoms with Gasteiger partial charge in [-0.1, -0.05) is 19.0 Å². The number of carbonyl (C=O) groups excluding carboxylic acids is 1. The Morgan fingerprint density at radius 3 is 2.86 bits per heavy atom. The number of hydrogen-bond donors (Lipinski definition) is 1. The molecule has 1 heterocycles. The first kappa shape index (κ1) is 11.0. The van der Waals surface area contributed by atoms with Gasteiger partial charge in [0.1, 0.15) is 6.26 Å². The second-order valence-electron chi connectivity index (χ2n) is 3.36. The second kappa shape index (κ2) is 5.00. The van der Waals surface area contributed by atoms with Crippen LogP contribution in [0.5, 0.6) is 0 Å². The van der Waals surface area contributed by atoms with E-state index in [1.54, 1.807) is 0 Å². The highest BCUT2D eigenvalue weighted by molar-refractivity contribution is 6.18. The summed E-state index contributed by atoms with van der Waals surface area (Å²) in [4.78, 5) is 11.5. The molecule has 0 bridgehead atoms. The number of aromatic nitrogens is 1. The van der Waals surface area contributed by atoms with E-state index >= 15 is 0 Å². The molecule has 1 N–H and O–H groups in total. The summed E-state index contributed by atoms with van der Waals surface area (Å²) in [6.45, 7) is 3.99. The topological polar surface area (TPSA) is 55.1 Å². The van der Waals surface area contributed by atoms with Crippen molar-refractivity contribution in [1.29, 1.82) is 0 Å². The molecule has 1 aromatic heterocycles. The monoisotopic (exact) mass is 216 g/mol. The first-order valence-electron chi connectivity index (χ1n) is 4.42. The van der Waals surface area contributed by atoms with Gasteiger partial charge in [0, 0.05) is 18.0 Å². The minimum atomic E-state index is -0.252. The number of carbonyl (C=O) groups is 1. The van der Waals surface area contributed by atoms with Gasteiger partial charge in [-0.25, -0.2) is 0 Å². The van der Waals surface area contributed by atoms with Gasteiger partial charge in [0.25, 0.3) is 5.91 Å². The quantitative estimate of drug-likeness (QED) is 0.779. The fourth-order valence-corrected chi connectivity index (χ4v) is 1.39. The predicted molar refractivity (Wildman–Crippen MR) is 53.3 cm³/mol. The molecule has 0 aromatic carbocycles. The summed E-state index contributed by atoms with van der Waals surface area (Å²) < 4.78 is 4.57. The van der Waals surface area contributed by atoms with Crippen molar-refractivity contribution in [3.8, 4) is 0 Å². The summed E-state index contributed by atoms with van der Waals surface area (Å²) in [6.07, 6.45) is 1.36. The summed E-state index contributed by atoms with van der Waals surface area (Å²) >= 11 is 5.71. The molecule has 0 aliphatic carbocycles. The third-order valence-corrected chi connectivity index (χ3v) is 2.29. The van der Waals surface area contributed by atoms with Crippen molar-refractivity contribution < 1.29 is 9.32 Å². The molecule has 0 aliphatic heterocycles. The van der Waals surface area contributed by atoms with Gasteiger partial charge in [-0.2, -0.15) is 0 Å². The van der Waals surface area contributed by atoms with Crippen molar-refractivity contribution in [3.63, 3.8) is 0 Å². The lowest BCUT2D eigenvalue weighted by atomic mass is 10.1. The molecule has 0 saturated heterocycles. The van der Waals surface area contributed by atoms with Crippen LogP contribution in [0.15, 0.2) is 16.9 Å². The van der Waals surface area contributed by atoms with Crippen molar-refractivity contribution in [1.82, 2.24) is 10.5 Å². The first-order chi connectivity index (χ1) is 6.65. The lowest BCUT2D eigenvalue weighted by Crippen LogP contribution is -2.39. The summed E-state index contributed by atoms with van der Waals surface area (Å²) in [5.41, 5.74) is 0.278. The molecule has 1 aromatic rings. The van der Waals surface area contributed by atoms with Gasteiger partial charge >= 0.3 is 0 Å². The Bertz CT molecular complexity index is 285. The van der Waals surface area contributed by atoms with Crippen molar-refractivity contribution in [3.05, 3.63) is 18.0 Å². The van der Waals surface area contributed by atoms with E-state index in [2.05, 4.69) is 15.0 Å². The van der Waals surface area contributed by atoms with Gasteiger partial charge in [0.05, 0.1) is 0 Å². The minimum Gasteiger partial charge on any atom is -0.364 e. The van der Waals surface area contributed by atoms with E-state index in [0.29, 0.717) is 11.8 Å². The van der Waals surface area contributed by atoms with Crippen LogP contribution < -0.4 is 5.32 Å². The Kier molecular flexibility index (Phi) is 3.95. The van der Waals surface area contributed by atoms with E-state index in [9.17, 15) is 4.79 Å². The Morgan fingerprint density at radius 1 is 1.71 bits per heavy atom. The van der Waals surface area contributed by atoms with Crippen molar-refractivity contribution >= 4 is 17.5 Å². The number of amides is 1. The lowest BCUT2D eigenvalue weighted by molar-refractivity contribution is 0.0922. The number of nitrogens with zero attached hydrogens (tertiary/aromatic N) is 1. The molecule has 4 nitrogen and oxygen atoms in total. The van der Waals surface area contributed by atoms with Gasteiger partial charge in [0.2, 0.25) is 0 Å². The Hall–Kier alpha value is -1.03. The zero-order valence-corrected chi connectivity index (χ0v) is 8.91. The molecule has 5 heteroatoms. The predicted octanol–water partition coefficient (Wildman–Crippen LogP) is 1.67. The van der Waals surface area contributed by atoms with Gasteiger partial charge in [0.15, 0.2) is 5.69 Å². The average molecular weight is 217 g/mol. The molecule has 1 atom stereocenters. The van der Waals surface area contributed by atoms with Crippen LogP contribution in [0.1, 0.15) is 24.3 Å². The van der Waals surface area contributed by atoms with Crippen LogP contribution in [-0.4, -0.2) is 23.0 Å². The van der Waals surface area contributed by atoms with Crippen LogP contribution in [0.2, 0.25) is 0 Å². The number of hydrogen-bond acceptors (Lipinski definition) is 3. The molecule has 0 aliphatic rings. The standard InChI is InChI=1S/C9H13ClN2O2/c1-6(2)8(5-10)11-9(13)7-3-4-14-12-7/h3-4,6,8H,5H2,1-2H3,(H,11,13). The molecule has 1 unspecified atom stereocenters. The van der Waals surface area contributed by atoms with E-state index < -0.39 is 0 Å². The number of nitrogens with one attached hydrogen (secondary N) is 1. The maximum absolute atomic E-state index is 11.5. The fraction of sp³-hybridized carbons (Fsp3) is 0.556. The Morgan fingerprint density at radius 2 is 2.43 bits per heavy atom. The highest BCUT2D eigenvalue weighted by Gasteiger charge is 2.17. The van der Waals surface area contributed by atoms with Gasteiger partial charge in [-0.05, 0) is 5.92 Å². The van der Waals surface area contributed by atoms with Crippen molar-refractivity contribution in [2.75, 3.05) is 5.88 Å². The van der Waals surface area contributed by atoms with E-state index in [4.69, 9.17) is 11.6 Å². The summed E-state index contributed by atoms with van der Waals surface area (Å²) in [7, 11) is 0. The van der Waals surface area contributed by atoms with Crippen LogP contribution in [-0.2, 0) is 0 Å². The molecule has 1 rings (SSSR count). The number of halogens is 1. The molecule has 0 radical (unpaired) electrons. The van der Waals surface area contributed by atoms with Gasteiger partial charge < -0.3 is 9.84 Å². The van der Waals surface area contributed by atoms with Gasteiger partial charge in [-0.15, -0.1) is 11.6 Å². The van der Waals surface area contributed by atoms with E-state index in [1.165, 1.54) is 12.3 Å². The van der Waals surface area contributed by atoms with Crippen LogP contribution in [0, 0.1) is 5.92 Å². The SMILES string of the molecule is CC(C)C(CCl)NC(=O)c1ccon1. The molecule has 0 saturated carbocycles.